The lowest BCUT2D eigenvalue weighted by molar-refractivity contribution is 0.00720. The van der Waals surface area contributed by atoms with Gasteiger partial charge in [-0.3, -0.25) is 4.68 Å². The number of nitrogens with zero attached hydrogens (tertiary/aromatic N) is 6. The Balaban J connectivity index is 1.30. The van der Waals surface area contributed by atoms with E-state index in [1.54, 1.807) is 28.0 Å². The number of imidazole rings is 1. The first kappa shape index (κ1) is 25.4. The smallest absolute Gasteiger partial charge is 0.226 e. The zero-order chi connectivity index (χ0) is 26.9. The van der Waals surface area contributed by atoms with Crippen molar-refractivity contribution in [1.82, 2.24) is 29.3 Å². The molecule has 1 saturated carbocycles. The number of fused-ring (bicyclic) bond motifs is 1. The lowest BCUT2D eigenvalue weighted by atomic mass is 9.91. The van der Waals surface area contributed by atoms with Crippen LogP contribution in [0.1, 0.15) is 41.1 Å². The number of anilines is 1. The van der Waals surface area contributed by atoms with Crippen LogP contribution in [0.4, 0.5) is 5.82 Å². The maximum absolute atomic E-state index is 11.0. The Morgan fingerprint density at radius 1 is 0.949 bits per heavy atom. The summed E-state index contributed by atoms with van der Waals surface area (Å²) in [6, 6.07) is 19.5. The first-order chi connectivity index (χ1) is 19.0. The van der Waals surface area contributed by atoms with E-state index < -0.39 is 24.3 Å². The first-order valence-corrected chi connectivity index (χ1v) is 13.1. The van der Waals surface area contributed by atoms with Gasteiger partial charge in [-0.05, 0) is 29.1 Å². The van der Waals surface area contributed by atoms with Crippen molar-refractivity contribution in [3.8, 4) is 0 Å². The average molecular weight is 546 g/mol. The molecule has 6 rings (SSSR count). The normalized spacial score (nSPS) is 21.2. The van der Waals surface area contributed by atoms with E-state index in [0.29, 0.717) is 35.5 Å². The van der Waals surface area contributed by atoms with E-state index in [1.165, 1.54) is 0 Å². The summed E-state index contributed by atoms with van der Waals surface area (Å²) in [5.74, 6) is 0.550. The number of aliphatic hydroxyl groups excluding tert-OH is 3. The Hall–Kier alpha value is -3.83. The fraction of sp³-hybridized carbons (Fsp3) is 0.286. The SMILES string of the molecule is OCc1cnn([C@H]2C[C@@H](n3cnc4c(NCC(c5ccccc5)c5ccccc5)nc(Cl)nc43)[C@H](O)[C@@H]2O)c1. The van der Waals surface area contributed by atoms with Crippen molar-refractivity contribution in [2.45, 2.75) is 43.2 Å². The molecule has 0 amide bonds. The summed E-state index contributed by atoms with van der Waals surface area (Å²) < 4.78 is 3.32. The molecule has 0 saturated heterocycles. The molecule has 1 fully saturated rings. The summed E-state index contributed by atoms with van der Waals surface area (Å²) in [5.41, 5.74) is 3.94. The van der Waals surface area contributed by atoms with E-state index in [4.69, 9.17) is 11.6 Å². The zero-order valence-electron chi connectivity index (χ0n) is 20.9. The number of hydrogen-bond acceptors (Lipinski definition) is 8. The standard InChI is InChI=1S/C28H28ClN7O3/c29-28-33-26(30-13-20(18-7-3-1-4-8-18)19-9-5-2-6-10-19)23-27(34-28)35(16-31-23)21-11-22(25(39)24(21)38)36-14-17(15-37)12-32-36/h1-10,12,14,16,20-22,24-25,37-39H,11,13,15H2,(H,30,33,34)/t21-,22+,24+,25-/m1/s1. The Kier molecular flexibility index (Phi) is 7.01. The third kappa shape index (κ3) is 4.87. The molecule has 39 heavy (non-hydrogen) atoms. The van der Waals surface area contributed by atoms with Crippen LogP contribution in [-0.2, 0) is 6.61 Å². The molecule has 200 valence electrons. The van der Waals surface area contributed by atoms with Crippen LogP contribution < -0.4 is 5.32 Å². The summed E-state index contributed by atoms with van der Waals surface area (Å²) in [4.78, 5) is 13.4. The zero-order valence-corrected chi connectivity index (χ0v) is 21.7. The second-order valence-electron chi connectivity index (χ2n) is 9.76. The first-order valence-electron chi connectivity index (χ1n) is 12.8. The van der Waals surface area contributed by atoms with Crippen LogP contribution in [0.5, 0.6) is 0 Å². The molecule has 0 bridgehead atoms. The quantitative estimate of drug-likeness (QED) is 0.218. The maximum atomic E-state index is 11.0. The third-order valence-corrected chi connectivity index (χ3v) is 7.60. The highest BCUT2D eigenvalue weighted by molar-refractivity contribution is 6.28. The van der Waals surface area contributed by atoms with Crippen molar-refractivity contribution in [2.24, 2.45) is 0 Å². The van der Waals surface area contributed by atoms with Gasteiger partial charge in [-0.15, -0.1) is 0 Å². The van der Waals surface area contributed by atoms with Crippen molar-refractivity contribution in [1.29, 1.82) is 0 Å². The Labute approximate surface area is 229 Å². The van der Waals surface area contributed by atoms with E-state index in [9.17, 15) is 15.3 Å². The van der Waals surface area contributed by atoms with Gasteiger partial charge in [0.15, 0.2) is 17.0 Å². The monoisotopic (exact) mass is 545 g/mol. The molecule has 0 aliphatic heterocycles. The molecule has 0 unspecified atom stereocenters. The average Bonchev–Trinajstić information content (AvgIpc) is 3.68. The lowest BCUT2D eigenvalue weighted by Gasteiger charge is -2.20. The second kappa shape index (κ2) is 10.7. The highest BCUT2D eigenvalue weighted by Gasteiger charge is 2.44. The van der Waals surface area contributed by atoms with Gasteiger partial charge in [0, 0.05) is 24.2 Å². The van der Waals surface area contributed by atoms with Crippen LogP contribution in [0.25, 0.3) is 11.2 Å². The van der Waals surface area contributed by atoms with E-state index >= 15 is 0 Å². The van der Waals surface area contributed by atoms with Crippen molar-refractivity contribution >= 4 is 28.6 Å². The van der Waals surface area contributed by atoms with E-state index in [0.717, 1.165) is 11.1 Å². The van der Waals surface area contributed by atoms with Crippen molar-refractivity contribution < 1.29 is 15.3 Å². The minimum atomic E-state index is -1.08. The predicted molar refractivity (Wildman–Crippen MR) is 146 cm³/mol. The molecule has 3 aromatic heterocycles. The highest BCUT2D eigenvalue weighted by Crippen LogP contribution is 2.40. The van der Waals surface area contributed by atoms with Crippen LogP contribution >= 0.6 is 11.6 Å². The predicted octanol–water partition coefficient (Wildman–Crippen LogP) is 3.32. The maximum Gasteiger partial charge on any atom is 0.226 e. The Bertz CT molecular complexity index is 1520. The molecule has 4 atom stereocenters. The minimum Gasteiger partial charge on any atom is -0.392 e. The molecule has 5 aromatic rings. The summed E-state index contributed by atoms with van der Waals surface area (Å²) >= 11 is 6.36. The van der Waals surface area contributed by atoms with Crippen molar-refractivity contribution in [3.05, 3.63) is 101 Å². The molecule has 4 N–H and O–H groups in total. The molecule has 0 radical (unpaired) electrons. The fourth-order valence-corrected chi connectivity index (χ4v) is 5.58. The van der Waals surface area contributed by atoms with Gasteiger partial charge in [-0.2, -0.15) is 15.1 Å². The van der Waals surface area contributed by atoms with E-state index in [-0.39, 0.29) is 17.8 Å². The van der Waals surface area contributed by atoms with Crippen LogP contribution in [0.15, 0.2) is 79.4 Å². The summed E-state index contributed by atoms with van der Waals surface area (Å²) in [7, 11) is 0. The molecule has 3 heterocycles. The lowest BCUT2D eigenvalue weighted by Crippen LogP contribution is -2.30. The van der Waals surface area contributed by atoms with Gasteiger partial charge < -0.3 is 25.2 Å². The van der Waals surface area contributed by atoms with Gasteiger partial charge in [0.25, 0.3) is 0 Å². The molecule has 2 aromatic carbocycles. The largest absolute Gasteiger partial charge is 0.392 e. The molecular weight excluding hydrogens is 518 g/mol. The van der Waals surface area contributed by atoms with E-state index in [2.05, 4.69) is 49.6 Å². The number of rotatable bonds is 8. The summed E-state index contributed by atoms with van der Waals surface area (Å²) in [6.07, 6.45) is 3.05. The molecule has 10 nitrogen and oxygen atoms in total. The number of aromatic nitrogens is 6. The van der Waals surface area contributed by atoms with Gasteiger partial charge in [0.1, 0.15) is 12.2 Å². The van der Waals surface area contributed by atoms with Gasteiger partial charge in [-0.25, -0.2) is 4.98 Å². The number of hydrogen-bond donors (Lipinski definition) is 4. The van der Waals surface area contributed by atoms with Crippen LogP contribution in [0.2, 0.25) is 5.28 Å². The van der Waals surface area contributed by atoms with Crippen LogP contribution in [0.3, 0.4) is 0 Å². The van der Waals surface area contributed by atoms with Crippen LogP contribution in [-0.4, -0.2) is 63.4 Å². The van der Waals surface area contributed by atoms with Crippen molar-refractivity contribution in [2.75, 3.05) is 11.9 Å². The van der Waals surface area contributed by atoms with Gasteiger partial charge >= 0.3 is 0 Å². The number of nitrogens with one attached hydrogen (secondary N) is 1. The highest BCUT2D eigenvalue weighted by atomic mass is 35.5. The summed E-state index contributed by atoms with van der Waals surface area (Å²) in [6.45, 7) is 0.393. The minimum absolute atomic E-state index is 0.0481. The van der Waals surface area contributed by atoms with E-state index in [1.807, 2.05) is 36.4 Å². The fourth-order valence-electron chi connectivity index (χ4n) is 5.42. The van der Waals surface area contributed by atoms with Crippen LogP contribution in [0, 0.1) is 0 Å². The van der Waals surface area contributed by atoms with Gasteiger partial charge in [0.2, 0.25) is 5.28 Å². The molecule has 1 aliphatic carbocycles. The third-order valence-electron chi connectivity index (χ3n) is 7.43. The number of aliphatic hydroxyl groups is 3. The molecule has 11 heteroatoms. The molecular formula is C28H28ClN7O3. The second-order valence-corrected chi connectivity index (χ2v) is 10.1. The number of halogens is 1. The number of benzene rings is 2. The Morgan fingerprint density at radius 3 is 2.26 bits per heavy atom. The topological polar surface area (TPSA) is 134 Å². The summed E-state index contributed by atoms with van der Waals surface area (Å²) in [5, 5.41) is 38.9. The van der Waals surface area contributed by atoms with Gasteiger partial charge in [-0.1, -0.05) is 60.7 Å². The van der Waals surface area contributed by atoms with Gasteiger partial charge in [0.05, 0.1) is 31.2 Å². The van der Waals surface area contributed by atoms with Crippen molar-refractivity contribution in [3.63, 3.8) is 0 Å². The molecule has 1 aliphatic rings. The Morgan fingerprint density at radius 2 is 1.62 bits per heavy atom. The molecule has 0 spiro atoms.